The van der Waals surface area contributed by atoms with Crippen LogP contribution in [0.2, 0.25) is 5.02 Å². The van der Waals surface area contributed by atoms with Crippen molar-refractivity contribution in [2.24, 2.45) is 5.84 Å². The van der Waals surface area contributed by atoms with Gasteiger partial charge in [-0.2, -0.15) is 0 Å². The van der Waals surface area contributed by atoms with Gasteiger partial charge in [0.05, 0.1) is 5.69 Å². The lowest BCUT2D eigenvalue weighted by Gasteiger charge is -2.05. The zero-order valence-electron chi connectivity index (χ0n) is 5.77. The van der Waals surface area contributed by atoms with Crippen molar-refractivity contribution in [2.45, 2.75) is 6.67 Å². The van der Waals surface area contributed by atoms with Gasteiger partial charge in [-0.1, -0.05) is 17.7 Å². The van der Waals surface area contributed by atoms with E-state index in [1.54, 1.807) is 18.2 Å². The molecule has 0 spiro atoms. The van der Waals surface area contributed by atoms with Crippen LogP contribution in [0.4, 0.5) is 10.1 Å². The number of nitrogens with one attached hydrogen (secondary N) is 1. The molecule has 0 saturated heterocycles. The predicted molar refractivity (Wildman–Crippen MR) is 44.1 cm³/mol. The Morgan fingerprint density at radius 2 is 2.27 bits per heavy atom. The lowest BCUT2D eigenvalue weighted by Crippen LogP contribution is -2.08. The number of anilines is 1. The average molecular weight is 175 g/mol. The third-order valence-electron chi connectivity index (χ3n) is 1.41. The molecule has 4 heteroatoms. The highest BCUT2D eigenvalue weighted by Gasteiger charge is 2.03. The van der Waals surface area contributed by atoms with Crippen molar-refractivity contribution in [3.8, 4) is 0 Å². The van der Waals surface area contributed by atoms with Gasteiger partial charge in [-0.05, 0) is 12.1 Å². The number of rotatable bonds is 2. The van der Waals surface area contributed by atoms with Crippen LogP contribution in [0.25, 0.3) is 0 Å². The Morgan fingerprint density at radius 3 is 2.73 bits per heavy atom. The molecule has 0 fully saturated rings. The topological polar surface area (TPSA) is 38.0 Å². The molecule has 0 aliphatic rings. The van der Waals surface area contributed by atoms with Crippen LogP contribution in [0.5, 0.6) is 0 Å². The van der Waals surface area contributed by atoms with E-state index in [9.17, 15) is 4.39 Å². The summed E-state index contributed by atoms with van der Waals surface area (Å²) in [6.45, 7) is -0.612. The lowest BCUT2D eigenvalue weighted by molar-refractivity contribution is 0.486. The minimum absolute atomic E-state index is 0.392. The van der Waals surface area contributed by atoms with Crippen LogP contribution >= 0.6 is 11.6 Å². The molecule has 0 heterocycles. The number of halogens is 2. The van der Waals surface area contributed by atoms with Gasteiger partial charge in [0.25, 0.3) is 0 Å². The van der Waals surface area contributed by atoms with E-state index in [1.807, 2.05) is 0 Å². The third kappa shape index (κ3) is 1.61. The van der Waals surface area contributed by atoms with Gasteiger partial charge >= 0.3 is 0 Å². The van der Waals surface area contributed by atoms with Crippen molar-refractivity contribution >= 4 is 17.3 Å². The van der Waals surface area contributed by atoms with E-state index < -0.39 is 6.67 Å². The fraction of sp³-hybridized carbons (Fsp3) is 0.143. The Balaban J connectivity index is 3.13. The van der Waals surface area contributed by atoms with Crippen LogP contribution in [0.3, 0.4) is 0 Å². The van der Waals surface area contributed by atoms with Crippen molar-refractivity contribution in [1.82, 2.24) is 0 Å². The minimum Gasteiger partial charge on any atom is -0.324 e. The maximum Gasteiger partial charge on any atom is 0.118 e. The van der Waals surface area contributed by atoms with Gasteiger partial charge in [-0.15, -0.1) is 0 Å². The summed E-state index contributed by atoms with van der Waals surface area (Å²) in [7, 11) is 0. The second-order valence-electron chi connectivity index (χ2n) is 2.04. The molecular formula is C7H8ClFN2. The molecule has 60 valence electrons. The minimum atomic E-state index is -0.612. The molecule has 0 bridgehead atoms. The van der Waals surface area contributed by atoms with Crippen LogP contribution in [0.1, 0.15) is 5.56 Å². The normalized spacial score (nSPS) is 9.73. The Morgan fingerprint density at radius 1 is 1.55 bits per heavy atom. The van der Waals surface area contributed by atoms with Gasteiger partial charge in [-0.25, -0.2) is 4.39 Å². The van der Waals surface area contributed by atoms with Gasteiger partial charge in [0.15, 0.2) is 0 Å². The number of hydrogen-bond donors (Lipinski definition) is 2. The van der Waals surface area contributed by atoms with Crippen LogP contribution in [-0.2, 0) is 6.67 Å². The van der Waals surface area contributed by atoms with E-state index >= 15 is 0 Å². The SMILES string of the molecule is NNc1cccc(Cl)c1CF. The quantitative estimate of drug-likeness (QED) is 0.532. The van der Waals surface area contributed by atoms with Crippen LogP contribution in [0.15, 0.2) is 18.2 Å². The number of alkyl halides is 1. The lowest BCUT2D eigenvalue weighted by atomic mass is 10.2. The number of hydrogen-bond acceptors (Lipinski definition) is 2. The van der Waals surface area contributed by atoms with E-state index in [0.717, 1.165) is 0 Å². The van der Waals surface area contributed by atoms with Crippen molar-refractivity contribution in [2.75, 3.05) is 5.43 Å². The largest absolute Gasteiger partial charge is 0.324 e. The standard InChI is InChI=1S/C7H8ClFN2/c8-6-2-1-3-7(11-10)5(6)4-9/h1-3,11H,4,10H2. The molecule has 0 amide bonds. The molecule has 0 atom stereocenters. The van der Waals surface area contributed by atoms with Crippen molar-refractivity contribution in [3.63, 3.8) is 0 Å². The van der Waals surface area contributed by atoms with Crippen molar-refractivity contribution in [1.29, 1.82) is 0 Å². The number of hydrazine groups is 1. The zero-order chi connectivity index (χ0) is 8.27. The zero-order valence-corrected chi connectivity index (χ0v) is 6.53. The first kappa shape index (κ1) is 8.30. The van der Waals surface area contributed by atoms with E-state index in [2.05, 4.69) is 5.43 Å². The smallest absolute Gasteiger partial charge is 0.118 e. The molecular weight excluding hydrogens is 167 g/mol. The van der Waals surface area contributed by atoms with E-state index in [-0.39, 0.29) is 0 Å². The molecule has 1 aromatic carbocycles. The maximum absolute atomic E-state index is 12.3. The molecule has 0 aliphatic carbocycles. The first-order valence-corrected chi connectivity index (χ1v) is 3.47. The summed E-state index contributed by atoms with van der Waals surface area (Å²) < 4.78 is 12.3. The fourth-order valence-electron chi connectivity index (χ4n) is 0.830. The summed E-state index contributed by atoms with van der Waals surface area (Å²) in [6.07, 6.45) is 0. The first-order chi connectivity index (χ1) is 5.29. The van der Waals surface area contributed by atoms with Crippen LogP contribution in [0, 0.1) is 0 Å². The van der Waals surface area contributed by atoms with Gasteiger partial charge in [0.1, 0.15) is 6.67 Å². The first-order valence-electron chi connectivity index (χ1n) is 3.09. The summed E-state index contributed by atoms with van der Waals surface area (Å²) in [5.41, 5.74) is 3.29. The van der Waals surface area contributed by atoms with Gasteiger partial charge in [0, 0.05) is 10.6 Å². The third-order valence-corrected chi connectivity index (χ3v) is 1.76. The van der Waals surface area contributed by atoms with E-state index in [1.165, 1.54) is 0 Å². The molecule has 1 rings (SSSR count). The summed E-state index contributed by atoms with van der Waals surface area (Å²) in [5, 5.41) is 0.392. The summed E-state index contributed by atoms with van der Waals surface area (Å²) in [5.74, 6) is 5.12. The average Bonchev–Trinajstić information content (AvgIpc) is 2.04. The molecule has 0 aliphatic heterocycles. The molecule has 0 saturated carbocycles. The highest BCUT2D eigenvalue weighted by Crippen LogP contribution is 2.24. The van der Waals surface area contributed by atoms with Gasteiger partial charge < -0.3 is 5.43 Å². The van der Waals surface area contributed by atoms with Crippen molar-refractivity contribution in [3.05, 3.63) is 28.8 Å². The van der Waals surface area contributed by atoms with Gasteiger partial charge in [-0.3, -0.25) is 5.84 Å². The Kier molecular flexibility index (Phi) is 2.68. The molecule has 0 radical (unpaired) electrons. The molecule has 11 heavy (non-hydrogen) atoms. The van der Waals surface area contributed by atoms with E-state index in [4.69, 9.17) is 17.4 Å². The Bertz CT molecular complexity index is 252. The molecule has 1 aromatic rings. The fourth-order valence-corrected chi connectivity index (χ4v) is 1.05. The Hall–Kier alpha value is -0.800. The second-order valence-corrected chi connectivity index (χ2v) is 2.45. The molecule has 0 aromatic heterocycles. The van der Waals surface area contributed by atoms with Gasteiger partial charge in [0.2, 0.25) is 0 Å². The van der Waals surface area contributed by atoms with E-state index in [0.29, 0.717) is 16.3 Å². The number of nitrogens with two attached hydrogens (primary N) is 1. The highest BCUT2D eigenvalue weighted by atomic mass is 35.5. The number of nitrogen functional groups attached to an aromatic ring is 1. The van der Waals surface area contributed by atoms with Crippen LogP contribution in [-0.4, -0.2) is 0 Å². The maximum atomic E-state index is 12.3. The summed E-state index contributed by atoms with van der Waals surface area (Å²) in [4.78, 5) is 0. The predicted octanol–water partition coefficient (Wildman–Crippen LogP) is 2.10. The Labute approximate surface area is 69.1 Å². The monoisotopic (exact) mass is 174 g/mol. The summed E-state index contributed by atoms with van der Waals surface area (Å²) >= 11 is 5.67. The molecule has 2 nitrogen and oxygen atoms in total. The molecule has 0 unspecified atom stereocenters. The molecule has 3 N–H and O–H groups in total. The van der Waals surface area contributed by atoms with Crippen LogP contribution < -0.4 is 11.3 Å². The highest BCUT2D eigenvalue weighted by molar-refractivity contribution is 6.31. The second kappa shape index (κ2) is 3.55. The summed E-state index contributed by atoms with van der Waals surface area (Å²) in [6, 6.07) is 4.99. The number of benzene rings is 1. The van der Waals surface area contributed by atoms with Crippen molar-refractivity contribution < 1.29 is 4.39 Å².